The molecular formula is C14H12N2O4S. The van der Waals surface area contributed by atoms with Crippen molar-refractivity contribution in [3.05, 3.63) is 41.8 Å². The maximum absolute atomic E-state index is 11.4. The Bertz CT molecular complexity index is 677. The summed E-state index contributed by atoms with van der Waals surface area (Å²) in [4.78, 5) is 26.0. The summed E-state index contributed by atoms with van der Waals surface area (Å²) in [5.74, 6) is -0.961. The zero-order valence-electron chi connectivity index (χ0n) is 11.1. The number of ether oxygens (including phenoxy) is 1. The number of nitrogens with zero attached hydrogens (tertiary/aromatic N) is 1. The minimum Gasteiger partial charge on any atom is -0.497 e. The van der Waals surface area contributed by atoms with E-state index in [-0.39, 0.29) is 0 Å². The van der Waals surface area contributed by atoms with Gasteiger partial charge in [0.05, 0.1) is 12.8 Å². The number of thiazole rings is 1. The summed E-state index contributed by atoms with van der Waals surface area (Å²) in [5.41, 5.74) is 1.62. The van der Waals surface area contributed by atoms with Crippen LogP contribution in [0.15, 0.2) is 41.8 Å². The van der Waals surface area contributed by atoms with Crippen molar-refractivity contribution in [2.24, 2.45) is 0 Å². The molecule has 2 aromatic rings. The molecule has 0 spiro atoms. The molecule has 1 aromatic heterocycles. The smallest absolute Gasteiger partial charge is 0.328 e. The second-order valence-electron chi connectivity index (χ2n) is 3.93. The van der Waals surface area contributed by atoms with E-state index in [2.05, 4.69) is 10.3 Å². The third-order valence-corrected chi connectivity index (χ3v) is 3.26. The van der Waals surface area contributed by atoms with Crippen LogP contribution >= 0.6 is 11.3 Å². The topological polar surface area (TPSA) is 88.5 Å². The number of carbonyl (C=O) groups excluding carboxylic acids is 1. The summed E-state index contributed by atoms with van der Waals surface area (Å²) in [7, 11) is 1.59. The molecule has 0 aliphatic heterocycles. The molecule has 0 aliphatic carbocycles. The van der Waals surface area contributed by atoms with Gasteiger partial charge in [-0.1, -0.05) is 0 Å². The Morgan fingerprint density at radius 3 is 2.62 bits per heavy atom. The summed E-state index contributed by atoms with van der Waals surface area (Å²) in [5, 5.41) is 13.1. The number of carboxylic acids is 1. The highest BCUT2D eigenvalue weighted by molar-refractivity contribution is 7.14. The van der Waals surface area contributed by atoms with Crippen molar-refractivity contribution >= 4 is 28.3 Å². The molecule has 0 saturated carbocycles. The van der Waals surface area contributed by atoms with Gasteiger partial charge < -0.3 is 9.84 Å². The van der Waals surface area contributed by atoms with E-state index < -0.39 is 11.9 Å². The summed E-state index contributed by atoms with van der Waals surface area (Å²) in [6.07, 6.45) is 1.71. The minimum absolute atomic E-state index is 0.404. The van der Waals surface area contributed by atoms with E-state index in [1.54, 1.807) is 12.5 Å². The quantitative estimate of drug-likeness (QED) is 0.828. The van der Waals surface area contributed by atoms with Gasteiger partial charge in [-0.2, -0.15) is 0 Å². The molecule has 1 heterocycles. The van der Waals surface area contributed by atoms with Crippen LogP contribution in [-0.2, 0) is 9.59 Å². The van der Waals surface area contributed by atoms with Crippen LogP contribution < -0.4 is 10.1 Å². The molecule has 0 atom stereocenters. The molecule has 1 aromatic carbocycles. The molecular weight excluding hydrogens is 292 g/mol. The molecule has 1 amide bonds. The van der Waals surface area contributed by atoms with Crippen LogP contribution in [-0.4, -0.2) is 29.1 Å². The number of methoxy groups -OCH3 is 1. The monoisotopic (exact) mass is 304 g/mol. The minimum atomic E-state index is -1.18. The summed E-state index contributed by atoms with van der Waals surface area (Å²) in [6.45, 7) is 0. The van der Waals surface area contributed by atoms with Gasteiger partial charge in [-0.25, -0.2) is 9.78 Å². The maximum Gasteiger partial charge on any atom is 0.328 e. The normalized spacial score (nSPS) is 10.5. The fraction of sp³-hybridized carbons (Fsp3) is 0.0714. The van der Waals surface area contributed by atoms with E-state index in [0.29, 0.717) is 5.13 Å². The van der Waals surface area contributed by atoms with Crippen molar-refractivity contribution in [2.45, 2.75) is 0 Å². The van der Waals surface area contributed by atoms with Gasteiger partial charge in [-0.05, 0) is 24.3 Å². The maximum atomic E-state index is 11.4. The summed E-state index contributed by atoms with van der Waals surface area (Å²) >= 11 is 1.26. The second kappa shape index (κ2) is 6.67. The number of anilines is 1. The van der Waals surface area contributed by atoms with Crippen molar-refractivity contribution in [1.82, 2.24) is 4.98 Å². The van der Waals surface area contributed by atoms with Crippen LogP contribution in [0.3, 0.4) is 0 Å². The molecule has 7 heteroatoms. The number of aliphatic carboxylic acids is 1. The molecule has 2 rings (SSSR count). The number of benzene rings is 1. The number of aromatic nitrogens is 1. The molecule has 0 saturated heterocycles. The van der Waals surface area contributed by atoms with Crippen LogP contribution in [0.2, 0.25) is 0 Å². The largest absolute Gasteiger partial charge is 0.497 e. The lowest BCUT2D eigenvalue weighted by molar-refractivity contribution is -0.131. The van der Waals surface area contributed by atoms with Crippen molar-refractivity contribution in [3.8, 4) is 17.0 Å². The van der Waals surface area contributed by atoms with Crippen molar-refractivity contribution in [1.29, 1.82) is 0 Å². The predicted octanol–water partition coefficient (Wildman–Crippen LogP) is 2.40. The fourth-order valence-corrected chi connectivity index (χ4v) is 2.24. The van der Waals surface area contributed by atoms with E-state index in [1.807, 2.05) is 24.3 Å². The van der Waals surface area contributed by atoms with E-state index in [1.165, 1.54) is 11.3 Å². The summed E-state index contributed by atoms with van der Waals surface area (Å²) in [6, 6.07) is 7.37. The first-order chi connectivity index (χ1) is 10.1. The molecule has 0 radical (unpaired) electrons. The lowest BCUT2D eigenvalue weighted by Gasteiger charge is -2.00. The fourth-order valence-electron chi connectivity index (χ4n) is 1.52. The molecule has 108 valence electrons. The lowest BCUT2D eigenvalue weighted by atomic mass is 10.2. The van der Waals surface area contributed by atoms with Gasteiger partial charge in [-0.15, -0.1) is 11.3 Å². The Morgan fingerprint density at radius 1 is 1.29 bits per heavy atom. The molecule has 2 N–H and O–H groups in total. The van der Waals surface area contributed by atoms with Gasteiger partial charge in [0.15, 0.2) is 5.13 Å². The average Bonchev–Trinajstić information content (AvgIpc) is 2.93. The van der Waals surface area contributed by atoms with Gasteiger partial charge in [0.2, 0.25) is 5.91 Å². The standard InChI is InChI=1S/C14H12N2O4S/c1-20-10-4-2-9(3-5-10)11-8-21-14(15-11)16-12(17)6-7-13(18)19/h2-8H,1H3,(H,18,19)(H,15,16,17)/b7-6+. The van der Waals surface area contributed by atoms with Gasteiger partial charge in [0.25, 0.3) is 0 Å². The number of rotatable bonds is 5. The molecule has 6 nitrogen and oxygen atoms in total. The highest BCUT2D eigenvalue weighted by Crippen LogP contribution is 2.26. The molecule has 0 unspecified atom stereocenters. The van der Waals surface area contributed by atoms with Crippen LogP contribution in [0.1, 0.15) is 0 Å². The average molecular weight is 304 g/mol. The van der Waals surface area contributed by atoms with Crippen LogP contribution in [0.5, 0.6) is 5.75 Å². The number of carbonyl (C=O) groups is 2. The van der Waals surface area contributed by atoms with Gasteiger partial charge >= 0.3 is 5.97 Å². The van der Waals surface area contributed by atoms with Crippen molar-refractivity contribution in [2.75, 3.05) is 12.4 Å². The molecule has 0 bridgehead atoms. The Labute approximate surface area is 124 Å². The Morgan fingerprint density at radius 2 is 2.00 bits per heavy atom. The Hall–Kier alpha value is -2.67. The van der Waals surface area contributed by atoms with Crippen LogP contribution in [0.25, 0.3) is 11.3 Å². The van der Waals surface area contributed by atoms with Crippen molar-refractivity contribution < 1.29 is 19.4 Å². The third kappa shape index (κ3) is 4.15. The third-order valence-electron chi connectivity index (χ3n) is 2.50. The first-order valence-electron chi connectivity index (χ1n) is 5.90. The number of carboxylic acid groups (broad SMARTS) is 1. The first-order valence-corrected chi connectivity index (χ1v) is 6.78. The Kier molecular flexibility index (Phi) is 4.68. The number of hydrogen-bond donors (Lipinski definition) is 2. The van der Waals surface area contributed by atoms with Crippen molar-refractivity contribution in [3.63, 3.8) is 0 Å². The predicted molar refractivity (Wildman–Crippen MR) is 79.5 cm³/mol. The van der Waals surface area contributed by atoms with Crippen LogP contribution in [0.4, 0.5) is 5.13 Å². The Balaban J connectivity index is 2.07. The highest BCUT2D eigenvalue weighted by Gasteiger charge is 2.07. The number of amides is 1. The van der Waals surface area contributed by atoms with E-state index in [9.17, 15) is 9.59 Å². The van der Waals surface area contributed by atoms with E-state index in [0.717, 1.165) is 29.2 Å². The number of nitrogens with one attached hydrogen (secondary N) is 1. The summed E-state index contributed by atoms with van der Waals surface area (Å²) < 4.78 is 5.08. The lowest BCUT2D eigenvalue weighted by Crippen LogP contribution is -2.08. The molecule has 0 fully saturated rings. The highest BCUT2D eigenvalue weighted by atomic mass is 32.1. The second-order valence-corrected chi connectivity index (χ2v) is 4.79. The van der Waals surface area contributed by atoms with Crippen LogP contribution in [0, 0.1) is 0 Å². The van der Waals surface area contributed by atoms with Gasteiger partial charge in [0, 0.05) is 23.1 Å². The van der Waals surface area contributed by atoms with E-state index in [4.69, 9.17) is 9.84 Å². The van der Waals surface area contributed by atoms with Gasteiger partial charge in [-0.3, -0.25) is 10.1 Å². The molecule has 0 aliphatic rings. The van der Waals surface area contributed by atoms with E-state index >= 15 is 0 Å². The first kappa shape index (κ1) is 14.7. The van der Waals surface area contributed by atoms with Gasteiger partial charge in [0.1, 0.15) is 5.75 Å². The zero-order chi connectivity index (χ0) is 15.2. The number of hydrogen-bond acceptors (Lipinski definition) is 5. The zero-order valence-corrected chi connectivity index (χ0v) is 11.9. The SMILES string of the molecule is COc1ccc(-c2csc(NC(=O)/C=C/C(=O)O)n2)cc1. The molecule has 21 heavy (non-hydrogen) atoms.